The van der Waals surface area contributed by atoms with Gasteiger partial charge in [0.1, 0.15) is 0 Å². The van der Waals surface area contributed by atoms with E-state index in [1.807, 2.05) is 24.3 Å². The van der Waals surface area contributed by atoms with E-state index in [1.54, 1.807) is 19.2 Å². The second-order valence-corrected chi connectivity index (χ2v) is 5.71. The van der Waals surface area contributed by atoms with Crippen molar-refractivity contribution in [3.63, 3.8) is 0 Å². The maximum absolute atomic E-state index is 11.9. The second kappa shape index (κ2) is 8.24. The van der Waals surface area contributed by atoms with Crippen LogP contribution in [0.1, 0.15) is 6.42 Å². The molecule has 0 saturated heterocycles. The topological polar surface area (TPSA) is 52.5 Å². The lowest BCUT2D eigenvalue weighted by molar-refractivity contribution is -0.123. The fourth-order valence-corrected chi connectivity index (χ4v) is 2.75. The van der Waals surface area contributed by atoms with E-state index in [2.05, 4.69) is 34.3 Å². The van der Waals surface area contributed by atoms with Crippen LogP contribution in [-0.2, 0) is 11.3 Å². The summed E-state index contributed by atoms with van der Waals surface area (Å²) in [7, 11) is 1.58. The number of carbonyl (C=O) groups excluding carboxylic acids is 1. The molecule has 0 radical (unpaired) electrons. The first-order chi connectivity index (χ1) is 12.3. The zero-order chi connectivity index (χ0) is 17.5. The molecule has 0 aliphatic heterocycles. The molecule has 0 atom stereocenters. The number of aromatic nitrogens is 1. The summed E-state index contributed by atoms with van der Waals surface area (Å²) < 4.78 is 12.9. The maximum atomic E-state index is 11.9. The van der Waals surface area contributed by atoms with Crippen LogP contribution in [0.15, 0.2) is 60.8 Å². The molecule has 2 aromatic carbocycles. The Morgan fingerprint density at radius 3 is 2.64 bits per heavy atom. The van der Waals surface area contributed by atoms with Gasteiger partial charge in [0.25, 0.3) is 5.91 Å². The molecule has 1 N–H and O–H groups in total. The smallest absolute Gasteiger partial charge is 0.257 e. The summed E-state index contributed by atoms with van der Waals surface area (Å²) >= 11 is 0. The quantitative estimate of drug-likeness (QED) is 0.642. The van der Waals surface area contributed by atoms with Gasteiger partial charge < -0.3 is 19.4 Å². The molecule has 0 fully saturated rings. The van der Waals surface area contributed by atoms with E-state index in [9.17, 15) is 4.79 Å². The highest BCUT2D eigenvalue weighted by Gasteiger charge is 2.06. The van der Waals surface area contributed by atoms with E-state index in [0.717, 1.165) is 13.0 Å². The molecule has 0 bridgehead atoms. The fraction of sp³-hybridized carbons (Fsp3) is 0.250. The number of benzene rings is 2. The van der Waals surface area contributed by atoms with Crippen molar-refractivity contribution in [2.45, 2.75) is 13.0 Å². The Kier molecular flexibility index (Phi) is 5.57. The highest BCUT2D eigenvalue weighted by Crippen LogP contribution is 2.25. The van der Waals surface area contributed by atoms with E-state index in [4.69, 9.17) is 9.47 Å². The van der Waals surface area contributed by atoms with E-state index in [-0.39, 0.29) is 12.5 Å². The van der Waals surface area contributed by atoms with Gasteiger partial charge in [0.15, 0.2) is 18.1 Å². The van der Waals surface area contributed by atoms with Gasteiger partial charge in [0.05, 0.1) is 7.11 Å². The fourth-order valence-electron chi connectivity index (χ4n) is 2.75. The number of hydrogen-bond acceptors (Lipinski definition) is 3. The molecule has 1 heterocycles. The molecule has 3 rings (SSSR count). The number of aryl methyl sites for hydroxylation is 1. The number of nitrogens with zero attached hydrogens (tertiary/aromatic N) is 1. The summed E-state index contributed by atoms with van der Waals surface area (Å²) in [6.45, 7) is 1.45. The van der Waals surface area contributed by atoms with Gasteiger partial charge in [-0.25, -0.2) is 0 Å². The molecule has 0 saturated carbocycles. The van der Waals surface area contributed by atoms with Crippen molar-refractivity contribution in [3.05, 3.63) is 60.8 Å². The van der Waals surface area contributed by atoms with Crippen LogP contribution in [0.2, 0.25) is 0 Å². The van der Waals surface area contributed by atoms with Crippen molar-refractivity contribution in [2.24, 2.45) is 0 Å². The zero-order valence-electron chi connectivity index (χ0n) is 14.3. The molecule has 0 unspecified atom stereocenters. The van der Waals surface area contributed by atoms with Crippen LogP contribution in [-0.4, -0.2) is 30.7 Å². The number of methoxy groups -OCH3 is 1. The third-order valence-electron chi connectivity index (χ3n) is 4.01. The molecule has 0 aliphatic carbocycles. The zero-order valence-corrected chi connectivity index (χ0v) is 14.3. The monoisotopic (exact) mass is 338 g/mol. The summed E-state index contributed by atoms with van der Waals surface area (Å²) in [5.41, 5.74) is 1.22. The molecule has 5 heteroatoms. The van der Waals surface area contributed by atoms with Gasteiger partial charge in [-0.1, -0.05) is 30.3 Å². The summed E-state index contributed by atoms with van der Waals surface area (Å²) in [6.07, 6.45) is 2.94. The predicted molar refractivity (Wildman–Crippen MR) is 98.1 cm³/mol. The van der Waals surface area contributed by atoms with Crippen LogP contribution < -0.4 is 14.8 Å². The standard InChI is InChI=1S/C20H22N2O3/c1-24-18-9-4-5-10-19(18)25-15-20(23)21-12-6-13-22-14-11-16-7-2-3-8-17(16)22/h2-5,7-11,14H,6,12-13,15H2,1H3,(H,21,23). The summed E-state index contributed by atoms with van der Waals surface area (Å²) in [4.78, 5) is 11.9. The van der Waals surface area contributed by atoms with E-state index in [1.165, 1.54) is 10.9 Å². The molecular formula is C20H22N2O3. The molecule has 3 aromatic rings. The van der Waals surface area contributed by atoms with Crippen LogP contribution >= 0.6 is 0 Å². The number of amides is 1. The van der Waals surface area contributed by atoms with E-state index < -0.39 is 0 Å². The number of para-hydroxylation sites is 3. The number of hydrogen-bond donors (Lipinski definition) is 1. The molecule has 25 heavy (non-hydrogen) atoms. The number of nitrogens with one attached hydrogen (secondary N) is 1. The Labute approximate surface area is 147 Å². The van der Waals surface area contributed by atoms with Crippen LogP contribution in [0.3, 0.4) is 0 Å². The Balaban J connectivity index is 1.41. The Morgan fingerprint density at radius 1 is 1.04 bits per heavy atom. The minimum absolute atomic E-state index is 0.0210. The van der Waals surface area contributed by atoms with Gasteiger partial charge >= 0.3 is 0 Å². The van der Waals surface area contributed by atoms with Gasteiger partial charge in [-0.2, -0.15) is 0 Å². The highest BCUT2D eigenvalue weighted by molar-refractivity contribution is 5.80. The van der Waals surface area contributed by atoms with Crippen molar-refractivity contribution >= 4 is 16.8 Å². The summed E-state index contributed by atoms with van der Waals surface area (Å²) in [5, 5.41) is 4.12. The highest BCUT2D eigenvalue weighted by atomic mass is 16.5. The van der Waals surface area contributed by atoms with Gasteiger partial charge in [0, 0.05) is 24.8 Å². The Bertz CT molecular complexity index is 842. The predicted octanol–water partition coefficient (Wildman–Crippen LogP) is 3.24. The molecule has 0 spiro atoms. The number of ether oxygens (including phenoxy) is 2. The maximum Gasteiger partial charge on any atom is 0.257 e. The molecular weight excluding hydrogens is 316 g/mol. The first-order valence-electron chi connectivity index (χ1n) is 8.34. The number of fused-ring (bicyclic) bond motifs is 1. The number of carbonyl (C=O) groups is 1. The van der Waals surface area contributed by atoms with Crippen LogP contribution in [0.5, 0.6) is 11.5 Å². The lowest BCUT2D eigenvalue weighted by atomic mass is 10.2. The van der Waals surface area contributed by atoms with Gasteiger partial charge in [-0.05, 0) is 36.1 Å². The molecule has 1 amide bonds. The third-order valence-corrected chi connectivity index (χ3v) is 4.01. The molecule has 0 aliphatic rings. The summed E-state index contributed by atoms with van der Waals surface area (Å²) in [6, 6.07) is 17.7. The largest absolute Gasteiger partial charge is 0.493 e. The lowest BCUT2D eigenvalue weighted by Crippen LogP contribution is -2.30. The van der Waals surface area contributed by atoms with Crippen LogP contribution in [0.4, 0.5) is 0 Å². The van der Waals surface area contributed by atoms with E-state index >= 15 is 0 Å². The first-order valence-corrected chi connectivity index (χ1v) is 8.34. The van der Waals surface area contributed by atoms with Crippen molar-refractivity contribution in [1.29, 1.82) is 0 Å². The minimum atomic E-state index is -0.136. The normalized spacial score (nSPS) is 10.6. The van der Waals surface area contributed by atoms with Gasteiger partial charge in [-0.3, -0.25) is 4.79 Å². The van der Waals surface area contributed by atoms with Crippen molar-refractivity contribution in [3.8, 4) is 11.5 Å². The average Bonchev–Trinajstić information content (AvgIpc) is 3.07. The Hall–Kier alpha value is -2.95. The van der Waals surface area contributed by atoms with Crippen LogP contribution in [0.25, 0.3) is 10.9 Å². The second-order valence-electron chi connectivity index (χ2n) is 5.71. The van der Waals surface area contributed by atoms with E-state index in [0.29, 0.717) is 18.0 Å². The minimum Gasteiger partial charge on any atom is -0.493 e. The summed E-state index contributed by atoms with van der Waals surface area (Å²) in [5.74, 6) is 1.05. The molecule has 5 nitrogen and oxygen atoms in total. The SMILES string of the molecule is COc1ccccc1OCC(=O)NCCCn1ccc2ccccc21. The molecule has 130 valence electrons. The first kappa shape index (κ1) is 16.9. The lowest BCUT2D eigenvalue weighted by Gasteiger charge is -2.11. The van der Waals surface area contributed by atoms with Crippen LogP contribution in [0, 0.1) is 0 Å². The number of rotatable bonds is 8. The van der Waals surface area contributed by atoms with Gasteiger partial charge in [0.2, 0.25) is 0 Å². The van der Waals surface area contributed by atoms with Gasteiger partial charge in [-0.15, -0.1) is 0 Å². The van der Waals surface area contributed by atoms with Crippen molar-refractivity contribution in [1.82, 2.24) is 9.88 Å². The third kappa shape index (κ3) is 4.32. The van der Waals surface area contributed by atoms with Crippen molar-refractivity contribution in [2.75, 3.05) is 20.3 Å². The molecule has 1 aromatic heterocycles. The Morgan fingerprint density at radius 2 is 1.80 bits per heavy atom. The van der Waals surface area contributed by atoms with Crippen molar-refractivity contribution < 1.29 is 14.3 Å². The average molecular weight is 338 g/mol.